The van der Waals surface area contributed by atoms with Crippen LogP contribution >= 0.6 is 11.6 Å². The quantitative estimate of drug-likeness (QED) is 0.279. The number of halogens is 1. The molecule has 39 heavy (non-hydrogen) atoms. The number of imidazole rings is 1. The van der Waals surface area contributed by atoms with Crippen molar-refractivity contribution in [1.29, 1.82) is 0 Å². The molecular weight excluding hydrogens is 514 g/mol. The van der Waals surface area contributed by atoms with Crippen LogP contribution in [0.5, 0.6) is 5.75 Å². The molecule has 0 bridgehead atoms. The zero-order valence-electron chi connectivity index (χ0n) is 22.3. The molecule has 2 amide bonds. The molecule has 8 nitrogen and oxygen atoms in total. The van der Waals surface area contributed by atoms with E-state index in [9.17, 15) is 9.59 Å². The van der Waals surface area contributed by atoms with Crippen molar-refractivity contribution in [3.8, 4) is 22.7 Å². The SMILES string of the molecule is CCOc1cccc(-n2cc(-c3ccccc3)nc2NC(=O)CN(CCN(C)C)C(=O)c2ccc(Cl)cc2)c1. The van der Waals surface area contributed by atoms with Crippen LogP contribution < -0.4 is 10.1 Å². The lowest BCUT2D eigenvalue weighted by atomic mass is 10.2. The molecule has 0 unspecified atom stereocenters. The van der Waals surface area contributed by atoms with E-state index in [1.165, 1.54) is 4.90 Å². The molecule has 4 aromatic rings. The van der Waals surface area contributed by atoms with E-state index in [1.54, 1.807) is 24.3 Å². The Morgan fingerprint density at radius 2 is 1.72 bits per heavy atom. The number of benzene rings is 3. The van der Waals surface area contributed by atoms with Gasteiger partial charge in [-0.1, -0.05) is 48.0 Å². The molecule has 0 spiro atoms. The molecule has 3 aromatic carbocycles. The van der Waals surface area contributed by atoms with E-state index < -0.39 is 0 Å². The number of amides is 2. The van der Waals surface area contributed by atoms with Crippen LogP contribution in [0.4, 0.5) is 5.95 Å². The first kappa shape index (κ1) is 27.9. The van der Waals surface area contributed by atoms with Gasteiger partial charge in [-0.25, -0.2) is 4.98 Å². The van der Waals surface area contributed by atoms with Crippen molar-refractivity contribution < 1.29 is 14.3 Å². The largest absolute Gasteiger partial charge is 0.494 e. The number of carbonyl (C=O) groups is 2. The molecular formula is C30H32ClN5O3. The van der Waals surface area contributed by atoms with Crippen molar-refractivity contribution in [3.63, 3.8) is 0 Å². The smallest absolute Gasteiger partial charge is 0.254 e. The normalized spacial score (nSPS) is 10.9. The molecule has 0 aliphatic carbocycles. The van der Waals surface area contributed by atoms with Crippen LogP contribution in [-0.2, 0) is 4.79 Å². The predicted molar refractivity (Wildman–Crippen MR) is 155 cm³/mol. The maximum atomic E-state index is 13.3. The highest BCUT2D eigenvalue weighted by molar-refractivity contribution is 6.30. The fraction of sp³-hybridized carbons (Fsp3) is 0.233. The highest BCUT2D eigenvalue weighted by atomic mass is 35.5. The van der Waals surface area contributed by atoms with E-state index in [1.807, 2.05) is 91.3 Å². The number of nitrogens with one attached hydrogen (secondary N) is 1. The second-order valence-electron chi connectivity index (χ2n) is 9.20. The van der Waals surface area contributed by atoms with Crippen LogP contribution in [-0.4, -0.2) is 71.5 Å². The standard InChI is InChI=1S/C30H32ClN5O3/c1-4-39-26-12-8-11-25(19-26)36-20-27(22-9-6-5-7-10-22)32-30(36)33-28(37)21-35(18-17-34(2)3)29(38)23-13-15-24(31)16-14-23/h5-16,19-20H,4,17-18,21H2,1-3H3,(H,32,33,37). The number of hydrogen-bond donors (Lipinski definition) is 1. The van der Waals surface area contributed by atoms with Gasteiger partial charge in [0, 0.05) is 41.5 Å². The molecule has 0 saturated carbocycles. The lowest BCUT2D eigenvalue weighted by Gasteiger charge is -2.24. The van der Waals surface area contributed by atoms with Crippen LogP contribution in [0.15, 0.2) is 85.1 Å². The summed E-state index contributed by atoms with van der Waals surface area (Å²) in [4.78, 5) is 34.8. The summed E-state index contributed by atoms with van der Waals surface area (Å²) in [6, 6.07) is 24.0. The molecule has 0 radical (unpaired) electrons. The zero-order valence-corrected chi connectivity index (χ0v) is 23.1. The summed E-state index contributed by atoms with van der Waals surface area (Å²) in [7, 11) is 3.84. The lowest BCUT2D eigenvalue weighted by Crippen LogP contribution is -2.41. The number of aromatic nitrogens is 2. The number of ether oxygens (including phenoxy) is 1. The van der Waals surface area contributed by atoms with Crippen molar-refractivity contribution in [2.75, 3.05) is 45.7 Å². The van der Waals surface area contributed by atoms with E-state index in [2.05, 4.69) is 5.32 Å². The number of likely N-dealkylation sites (N-methyl/N-ethyl adjacent to an activating group) is 1. The first-order valence-electron chi connectivity index (χ1n) is 12.7. The van der Waals surface area contributed by atoms with Gasteiger partial charge in [-0.15, -0.1) is 0 Å². The third kappa shape index (κ3) is 7.46. The highest BCUT2D eigenvalue weighted by Crippen LogP contribution is 2.26. The fourth-order valence-electron chi connectivity index (χ4n) is 3.99. The summed E-state index contributed by atoms with van der Waals surface area (Å²) in [5.41, 5.74) is 2.87. The zero-order chi connectivity index (χ0) is 27.8. The molecule has 202 valence electrons. The monoisotopic (exact) mass is 545 g/mol. The molecule has 4 rings (SSSR count). The predicted octanol–water partition coefficient (Wildman–Crippen LogP) is 5.23. The number of nitrogens with zero attached hydrogens (tertiary/aromatic N) is 4. The number of anilines is 1. The van der Waals surface area contributed by atoms with Crippen LogP contribution in [0.25, 0.3) is 16.9 Å². The third-order valence-electron chi connectivity index (χ3n) is 5.96. The van der Waals surface area contributed by atoms with Gasteiger partial charge in [0.25, 0.3) is 5.91 Å². The van der Waals surface area contributed by atoms with Gasteiger partial charge in [0.15, 0.2) is 0 Å². The Morgan fingerprint density at radius 3 is 2.41 bits per heavy atom. The minimum atomic E-state index is -0.358. The van der Waals surface area contributed by atoms with Crippen molar-refractivity contribution in [2.24, 2.45) is 0 Å². The molecule has 0 aliphatic heterocycles. The van der Waals surface area contributed by atoms with Crippen LogP contribution in [0, 0.1) is 0 Å². The molecule has 0 aliphatic rings. The van der Waals surface area contributed by atoms with E-state index in [0.717, 1.165) is 11.3 Å². The van der Waals surface area contributed by atoms with Crippen molar-refractivity contribution in [3.05, 3.63) is 95.6 Å². The summed E-state index contributed by atoms with van der Waals surface area (Å²) in [6.07, 6.45) is 1.87. The van der Waals surface area contributed by atoms with Gasteiger partial charge in [0.2, 0.25) is 11.9 Å². The number of carbonyl (C=O) groups excluding carboxylic acids is 2. The topological polar surface area (TPSA) is 79.7 Å². The second-order valence-corrected chi connectivity index (χ2v) is 9.64. The van der Waals surface area contributed by atoms with Crippen LogP contribution in [0.3, 0.4) is 0 Å². The van der Waals surface area contributed by atoms with Gasteiger partial charge < -0.3 is 14.5 Å². The Kier molecular flexibility index (Phi) is 9.35. The average Bonchev–Trinajstić information content (AvgIpc) is 3.35. The molecule has 0 fully saturated rings. The molecule has 1 heterocycles. The van der Waals surface area contributed by atoms with Gasteiger partial charge in [-0.3, -0.25) is 19.5 Å². The van der Waals surface area contributed by atoms with Gasteiger partial charge in [-0.05, 0) is 57.4 Å². The van der Waals surface area contributed by atoms with Crippen molar-refractivity contribution in [2.45, 2.75) is 6.92 Å². The molecule has 9 heteroatoms. The molecule has 0 atom stereocenters. The van der Waals surface area contributed by atoms with E-state index in [0.29, 0.717) is 47.7 Å². The molecule has 1 aromatic heterocycles. The Labute approximate surface area is 233 Å². The highest BCUT2D eigenvalue weighted by Gasteiger charge is 2.21. The van der Waals surface area contributed by atoms with Crippen molar-refractivity contribution in [1.82, 2.24) is 19.4 Å². The number of rotatable bonds is 11. The van der Waals surface area contributed by atoms with Gasteiger partial charge >= 0.3 is 0 Å². The third-order valence-corrected chi connectivity index (χ3v) is 6.22. The fourth-order valence-corrected chi connectivity index (χ4v) is 4.11. The summed E-state index contributed by atoms with van der Waals surface area (Å²) in [6.45, 7) is 3.31. The van der Waals surface area contributed by atoms with Crippen LogP contribution in [0.1, 0.15) is 17.3 Å². The Balaban J connectivity index is 1.62. The minimum Gasteiger partial charge on any atom is -0.494 e. The van der Waals surface area contributed by atoms with Gasteiger partial charge in [0.1, 0.15) is 12.3 Å². The van der Waals surface area contributed by atoms with E-state index in [4.69, 9.17) is 21.3 Å². The Hall–Kier alpha value is -4.14. The summed E-state index contributed by atoms with van der Waals surface area (Å²) < 4.78 is 7.49. The second kappa shape index (κ2) is 13.1. The van der Waals surface area contributed by atoms with E-state index >= 15 is 0 Å². The molecule has 0 saturated heterocycles. The van der Waals surface area contributed by atoms with Gasteiger partial charge in [-0.2, -0.15) is 0 Å². The minimum absolute atomic E-state index is 0.137. The summed E-state index contributed by atoms with van der Waals surface area (Å²) in [5.74, 6) is 0.453. The lowest BCUT2D eigenvalue weighted by molar-refractivity contribution is -0.117. The molecule has 1 N–H and O–H groups in total. The summed E-state index contributed by atoms with van der Waals surface area (Å²) >= 11 is 6.00. The van der Waals surface area contributed by atoms with Crippen LogP contribution in [0.2, 0.25) is 5.02 Å². The first-order valence-corrected chi connectivity index (χ1v) is 13.1. The maximum absolute atomic E-state index is 13.3. The summed E-state index contributed by atoms with van der Waals surface area (Å²) in [5, 5.41) is 3.47. The maximum Gasteiger partial charge on any atom is 0.254 e. The van der Waals surface area contributed by atoms with Gasteiger partial charge in [0.05, 0.1) is 18.0 Å². The van der Waals surface area contributed by atoms with Crippen molar-refractivity contribution >= 4 is 29.4 Å². The first-order chi connectivity index (χ1) is 18.8. The van der Waals surface area contributed by atoms with E-state index in [-0.39, 0.29) is 18.4 Å². The number of hydrogen-bond acceptors (Lipinski definition) is 5. The Morgan fingerprint density at radius 1 is 0.974 bits per heavy atom. The Bertz CT molecular complexity index is 1400. The average molecular weight is 546 g/mol.